The molecule has 0 radical (unpaired) electrons. The van der Waals surface area contributed by atoms with E-state index in [-0.39, 0.29) is 17.7 Å². The summed E-state index contributed by atoms with van der Waals surface area (Å²) < 4.78 is 5.07. The van der Waals surface area contributed by atoms with Crippen LogP contribution in [0.25, 0.3) is 0 Å². The average Bonchev–Trinajstić information content (AvgIpc) is 2.34. The maximum absolute atomic E-state index is 11.5. The molecule has 0 unspecified atom stereocenters. The van der Waals surface area contributed by atoms with Crippen LogP contribution in [0.4, 0.5) is 5.69 Å². The summed E-state index contributed by atoms with van der Waals surface area (Å²) in [7, 11) is 0. The first kappa shape index (κ1) is 12.3. The van der Waals surface area contributed by atoms with Gasteiger partial charge in [-0.05, 0) is 18.9 Å². The lowest BCUT2D eigenvalue weighted by molar-refractivity contribution is -0.384. The fourth-order valence-electron chi connectivity index (χ4n) is 2.09. The molecule has 0 spiro atoms. The highest BCUT2D eigenvalue weighted by Crippen LogP contribution is 2.34. The molecule has 94 valence electrons. The summed E-state index contributed by atoms with van der Waals surface area (Å²) in [6.07, 6.45) is 0.491. The second kappa shape index (κ2) is 4.60. The van der Waals surface area contributed by atoms with Crippen molar-refractivity contribution < 1.29 is 14.5 Å². The van der Waals surface area contributed by atoms with Crippen LogP contribution in [0.1, 0.15) is 24.8 Å². The Morgan fingerprint density at radius 3 is 2.56 bits per heavy atom. The van der Waals surface area contributed by atoms with Crippen molar-refractivity contribution in [3.05, 3.63) is 52.1 Å². The SMILES string of the molecule is C=C1C(=O)O[C@@H](C)C[C@@H]1c1ccc([N+](=O)[O-])cc1. The van der Waals surface area contributed by atoms with Crippen LogP contribution in [0, 0.1) is 10.1 Å². The van der Waals surface area contributed by atoms with Gasteiger partial charge in [-0.25, -0.2) is 4.79 Å². The van der Waals surface area contributed by atoms with E-state index in [9.17, 15) is 14.9 Å². The molecule has 0 amide bonds. The monoisotopic (exact) mass is 247 g/mol. The first-order valence-corrected chi connectivity index (χ1v) is 5.63. The molecule has 5 heteroatoms. The summed E-state index contributed by atoms with van der Waals surface area (Å²) in [5.74, 6) is -0.515. The molecule has 1 heterocycles. The van der Waals surface area contributed by atoms with E-state index in [0.29, 0.717) is 12.0 Å². The number of benzene rings is 1. The Morgan fingerprint density at radius 1 is 1.39 bits per heavy atom. The lowest BCUT2D eigenvalue weighted by Gasteiger charge is -2.28. The molecule has 2 atom stereocenters. The summed E-state index contributed by atoms with van der Waals surface area (Å²) in [4.78, 5) is 21.7. The van der Waals surface area contributed by atoms with E-state index < -0.39 is 10.9 Å². The number of carbonyl (C=O) groups is 1. The van der Waals surface area contributed by atoms with Crippen LogP contribution in [-0.4, -0.2) is 17.0 Å². The van der Waals surface area contributed by atoms with Crippen molar-refractivity contribution >= 4 is 11.7 Å². The Hall–Kier alpha value is -2.17. The van der Waals surface area contributed by atoms with E-state index in [4.69, 9.17) is 4.74 Å². The van der Waals surface area contributed by atoms with E-state index in [1.807, 2.05) is 6.92 Å². The van der Waals surface area contributed by atoms with Gasteiger partial charge in [0.05, 0.1) is 4.92 Å². The average molecular weight is 247 g/mol. The van der Waals surface area contributed by atoms with Gasteiger partial charge in [0.25, 0.3) is 5.69 Å². The van der Waals surface area contributed by atoms with Gasteiger partial charge in [0, 0.05) is 23.6 Å². The van der Waals surface area contributed by atoms with Crippen molar-refractivity contribution in [1.29, 1.82) is 0 Å². The number of nitro groups is 1. The Kier molecular flexibility index (Phi) is 3.14. The number of ether oxygens (including phenoxy) is 1. The number of rotatable bonds is 2. The minimum absolute atomic E-state index is 0.0378. The Labute approximate surface area is 104 Å². The number of non-ortho nitro benzene ring substituents is 1. The zero-order valence-corrected chi connectivity index (χ0v) is 9.96. The second-order valence-corrected chi connectivity index (χ2v) is 4.38. The van der Waals surface area contributed by atoms with Crippen molar-refractivity contribution in [3.63, 3.8) is 0 Å². The summed E-state index contributed by atoms with van der Waals surface area (Å²) >= 11 is 0. The molecule has 1 fully saturated rings. The van der Waals surface area contributed by atoms with Crippen molar-refractivity contribution in [3.8, 4) is 0 Å². The van der Waals surface area contributed by atoms with E-state index >= 15 is 0 Å². The molecular formula is C13H13NO4. The van der Waals surface area contributed by atoms with Crippen LogP contribution in [0.2, 0.25) is 0 Å². The van der Waals surface area contributed by atoms with E-state index in [1.54, 1.807) is 12.1 Å². The molecule has 1 aromatic rings. The topological polar surface area (TPSA) is 69.4 Å². The molecule has 1 saturated heterocycles. The highest BCUT2D eigenvalue weighted by atomic mass is 16.6. The number of esters is 1. The maximum Gasteiger partial charge on any atom is 0.334 e. The minimum atomic E-state index is -0.448. The summed E-state index contributed by atoms with van der Waals surface area (Å²) in [5.41, 5.74) is 1.30. The van der Waals surface area contributed by atoms with Crippen LogP contribution >= 0.6 is 0 Å². The zero-order chi connectivity index (χ0) is 13.3. The molecule has 0 bridgehead atoms. The van der Waals surface area contributed by atoms with Gasteiger partial charge in [-0.1, -0.05) is 18.7 Å². The smallest absolute Gasteiger partial charge is 0.334 e. The van der Waals surface area contributed by atoms with Gasteiger partial charge in [-0.2, -0.15) is 0 Å². The largest absolute Gasteiger partial charge is 0.459 e. The Balaban J connectivity index is 2.27. The van der Waals surface area contributed by atoms with Gasteiger partial charge in [0.1, 0.15) is 6.10 Å². The standard InChI is InChI=1S/C13H13NO4/c1-8-7-12(9(2)13(15)18-8)10-3-5-11(6-4-10)14(16)17/h3-6,8,12H,2,7H2,1H3/t8-,12-/m0/s1. The molecule has 0 saturated carbocycles. The van der Waals surface area contributed by atoms with Crippen LogP contribution in [0.5, 0.6) is 0 Å². The first-order valence-electron chi connectivity index (χ1n) is 5.63. The van der Waals surface area contributed by atoms with Gasteiger partial charge in [0.2, 0.25) is 0 Å². The van der Waals surface area contributed by atoms with Crippen molar-refractivity contribution in [1.82, 2.24) is 0 Å². The highest BCUT2D eigenvalue weighted by Gasteiger charge is 2.31. The molecule has 1 aliphatic heterocycles. The molecule has 18 heavy (non-hydrogen) atoms. The lowest BCUT2D eigenvalue weighted by atomic mass is 9.85. The molecule has 0 aliphatic carbocycles. The fourth-order valence-corrected chi connectivity index (χ4v) is 2.09. The number of nitro benzene ring substituents is 1. The molecule has 5 nitrogen and oxygen atoms in total. The third-order valence-corrected chi connectivity index (χ3v) is 3.06. The number of cyclic esters (lactones) is 1. The predicted molar refractivity (Wildman–Crippen MR) is 65.1 cm³/mol. The fraction of sp³-hybridized carbons (Fsp3) is 0.308. The number of hydrogen-bond acceptors (Lipinski definition) is 4. The van der Waals surface area contributed by atoms with Gasteiger partial charge < -0.3 is 4.74 Å². The van der Waals surface area contributed by atoms with Crippen LogP contribution in [-0.2, 0) is 9.53 Å². The molecule has 1 aromatic carbocycles. The van der Waals surface area contributed by atoms with Crippen molar-refractivity contribution in [2.24, 2.45) is 0 Å². The molecular weight excluding hydrogens is 234 g/mol. The third kappa shape index (κ3) is 2.25. The van der Waals surface area contributed by atoms with E-state index in [2.05, 4.69) is 6.58 Å². The lowest BCUT2D eigenvalue weighted by Crippen LogP contribution is -2.28. The Morgan fingerprint density at radius 2 is 2.00 bits per heavy atom. The molecule has 0 aromatic heterocycles. The number of carbonyl (C=O) groups excluding carboxylic acids is 1. The molecule has 2 rings (SSSR count). The van der Waals surface area contributed by atoms with Crippen LogP contribution in [0.3, 0.4) is 0 Å². The minimum Gasteiger partial charge on any atom is -0.459 e. The van der Waals surface area contributed by atoms with Crippen molar-refractivity contribution in [2.75, 3.05) is 0 Å². The summed E-state index contributed by atoms with van der Waals surface area (Å²) in [6, 6.07) is 6.21. The normalized spacial score (nSPS) is 23.6. The quantitative estimate of drug-likeness (QED) is 0.348. The highest BCUT2D eigenvalue weighted by molar-refractivity contribution is 5.90. The van der Waals surface area contributed by atoms with Gasteiger partial charge in [0.15, 0.2) is 0 Å². The number of hydrogen-bond donors (Lipinski definition) is 0. The number of nitrogens with zero attached hydrogens (tertiary/aromatic N) is 1. The summed E-state index contributed by atoms with van der Waals surface area (Å²) in [6.45, 7) is 5.56. The zero-order valence-electron chi connectivity index (χ0n) is 9.96. The Bertz CT molecular complexity index is 506. The van der Waals surface area contributed by atoms with Gasteiger partial charge in [-0.15, -0.1) is 0 Å². The maximum atomic E-state index is 11.5. The third-order valence-electron chi connectivity index (χ3n) is 3.06. The van der Waals surface area contributed by atoms with Gasteiger partial charge in [-0.3, -0.25) is 10.1 Å². The van der Waals surface area contributed by atoms with E-state index in [0.717, 1.165) is 5.56 Å². The molecule has 0 N–H and O–H groups in total. The first-order chi connectivity index (χ1) is 8.49. The van der Waals surface area contributed by atoms with Crippen LogP contribution < -0.4 is 0 Å². The van der Waals surface area contributed by atoms with Crippen LogP contribution in [0.15, 0.2) is 36.4 Å². The molecule has 1 aliphatic rings. The van der Waals surface area contributed by atoms with Crippen molar-refractivity contribution in [2.45, 2.75) is 25.4 Å². The van der Waals surface area contributed by atoms with E-state index in [1.165, 1.54) is 12.1 Å². The summed E-state index contributed by atoms with van der Waals surface area (Å²) in [5, 5.41) is 10.6. The van der Waals surface area contributed by atoms with Gasteiger partial charge >= 0.3 is 5.97 Å². The second-order valence-electron chi connectivity index (χ2n) is 4.38. The predicted octanol–water partition coefficient (Wildman–Crippen LogP) is 2.57.